The van der Waals surface area contributed by atoms with E-state index in [1.807, 2.05) is 0 Å². The van der Waals surface area contributed by atoms with Crippen molar-refractivity contribution in [3.63, 3.8) is 0 Å². The summed E-state index contributed by atoms with van der Waals surface area (Å²) in [5.41, 5.74) is 0.350. The van der Waals surface area contributed by atoms with Crippen LogP contribution in [0.25, 0.3) is 0 Å². The van der Waals surface area contributed by atoms with E-state index in [-0.39, 0.29) is 35.1 Å². The standard InChI is InChI=1S/C18H30N4O5S/c1-13(21-7-9-26-10-8-21)11-19-18(23)16-5-4-6-22(12-16)28(24,25)17-14(2)20-27-15(17)3/h13,16H,4-12H2,1-3H3,(H,19,23). The molecule has 9 nitrogen and oxygen atoms in total. The fourth-order valence-electron chi connectivity index (χ4n) is 3.89. The van der Waals surface area contributed by atoms with Gasteiger partial charge in [-0.2, -0.15) is 4.31 Å². The van der Waals surface area contributed by atoms with Crippen molar-refractivity contribution in [2.75, 3.05) is 45.9 Å². The predicted octanol–water partition coefficient (Wildman–Crippen LogP) is 0.529. The molecule has 0 radical (unpaired) electrons. The fourth-order valence-corrected chi connectivity index (χ4v) is 5.70. The number of carbonyl (C=O) groups is 1. The van der Waals surface area contributed by atoms with E-state index in [0.29, 0.717) is 31.6 Å². The summed E-state index contributed by atoms with van der Waals surface area (Å²) in [7, 11) is -3.72. The Morgan fingerprint density at radius 3 is 2.64 bits per heavy atom. The summed E-state index contributed by atoms with van der Waals surface area (Å²) in [4.78, 5) is 15.1. The number of carbonyl (C=O) groups excluding carboxylic acids is 1. The Balaban J connectivity index is 1.59. The lowest BCUT2D eigenvalue weighted by molar-refractivity contribution is -0.126. The fraction of sp³-hybridized carbons (Fsp3) is 0.778. The van der Waals surface area contributed by atoms with Gasteiger partial charge in [0.05, 0.1) is 19.1 Å². The van der Waals surface area contributed by atoms with Crippen LogP contribution in [0.15, 0.2) is 9.42 Å². The normalized spacial score (nSPS) is 23.5. The van der Waals surface area contributed by atoms with Gasteiger partial charge in [-0.25, -0.2) is 8.42 Å². The molecule has 0 aliphatic carbocycles. The Bertz CT molecular complexity index is 768. The van der Waals surface area contributed by atoms with Gasteiger partial charge >= 0.3 is 0 Å². The zero-order chi connectivity index (χ0) is 20.3. The topological polar surface area (TPSA) is 105 Å². The predicted molar refractivity (Wildman–Crippen MR) is 102 cm³/mol. The van der Waals surface area contributed by atoms with Crippen LogP contribution >= 0.6 is 0 Å². The molecule has 2 saturated heterocycles. The van der Waals surface area contributed by atoms with Crippen molar-refractivity contribution in [3.8, 4) is 0 Å². The van der Waals surface area contributed by atoms with E-state index in [1.54, 1.807) is 13.8 Å². The Labute approximate surface area is 166 Å². The zero-order valence-electron chi connectivity index (χ0n) is 16.8. The molecule has 0 spiro atoms. The molecule has 3 rings (SSSR count). The van der Waals surface area contributed by atoms with Gasteiger partial charge in [0.2, 0.25) is 15.9 Å². The van der Waals surface area contributed by atoms with Gasteiger partial charge < -0.3 is 14.6 Å². The van der Waals surface area contributed by atoms with Crippen molar-refractivity contribution in [1.82, 2.24) is 19.7 Å². The summed E-state index contributed by atoms with van der Waals surface area (Å²) in [5, 5.41) is 6.76. The Kier molecular flexibility index (Phi) is 6.74. The minimum Gasteiger partial charge on any atom is -0.379 e. The molecular weight excluding hydrogens is 384 g/mol. The van der Waals surface area contributed by atoms with Gasteiger partial charge in [-0.1, -0.05) is 5.16 Å². The van der Waals surface area contributed by atoms with Gasteiger partial charge in [0, 0.05) is 38.8 Å². The van der Waals surface area contributed by atoms with Gasteiger partial charge in [-0.05, 0) is 33.6 Å². The smallest absolute Gasteiger partial charge is 0.248 e. The van der Waals surface area contributed by atoms with E-state index in [1.165, 1.54) is 4.31 Å². The molecule has 2 aliphatic heterocycles. The summed E-state index contributed by atoms with van der Waals surface area (Å²) in [6.07, 6.45) is 1.34. The molecule has 1 N–H and O–H groups in total. The van der Waals surface area contributed by atoms with Crippen LogP contribution in [0.3, 0.4) is 0 Å². The quantitative estimate of drug-likeness (QED) is 0.724. The number of nitrogens with zero attached hydrogens (tertiary/aromatic N) is 3. The molecule has 2 aliphatic rings. The number of aromatic nitrogens is 1. The van der Waals surface area contributed by atoms with Crippen molar-refractivity contribution in [3.05, 3.63) is 11.5 Å². The lowest BCUT2D eigenvalue weighted by Crippen LogP contribution is -2.50. The number of nitrogens with one attached hydrogen (secondary N) is 1. The van der Waals surface area contributed by atoms with E-state index >= 15 is 0 Å². The summed E-state index contributed by atoms with van der Waals surface area (Å²) in [6.45, 7) is 9.59. The molecule has 0 aromatic carbocycles. The number of piperidine rings is 1. The van der Waals surface area contributed by atoms with Gasteiger partial charge in [0.1, 0.15) is 10.6 Å². The van der Waals surface area contributed by atoms with Crippen LogP contribution in [-0.4, -0.2) is 80.7 Å². The van der Waals surface area contributed by atoms with Crippen LogP contribution in [0.5, 0.6) is 0 Å². The molecule has 2 fully saturated rings. The Hall–Kier alpha value is -1.49. The second-order valence-corrected chi connectivity index (χ2v) is 9.47. The molecule has 2 unspecified atom stereocenters. The number of rotatable bonds is 6. The molecule has 1 amide bonds. The number of aryl methyl sites for hydroxylation is 2. The highest BCUT2D eigenvalue weighted by Gasteiger charge is 2.36. The molecule has 2 atom stereocenters. The first-order chi connectivity index (χ1) is 13.3. The number of sulfonamides is 1. The molecule has 28 heavy (non-hydrogen) atoms. The first-order valence-corrected chi connectivity index (χ1v) is 11.3. The van der Waals surface area contributed by atoms with Gasteiger partial charge in [-0.15, -0.1) is 0 Å². The average molecular weight is 415 g/mol. The van der Waals surface area contributed by atoms with Crippen molar-refractivity contribution in [1.29, 1.82) is 0 Å². The Morgan fingerprint density at radius 1 is 1.29 bits per heavy atom. The maximum atomic E-state index is 13.0. The van der Waals surface area contributed by atoms with Crippen LogP contribution in [0.2, 0.25) is 0 Å². The maximum Gasteiger partial charge on any atom is 0.248 e. The molecule has 3 heterocycles. The number of morpholine rings is 1. The van der Waals surface area contributed by atoms with Crippen LogP contribution in [0.4, 0.5) is 0 Å². The maximum absolute atomic E-state index is 13.0. The first-order valence-electron chi connectivity index (χ1n) is 9.83. The first kappa shape index (κ1) is 21.2. The van der Waals surface area contributed by atoms with Crippen LogP contribution in [0.1, 0.15) is 31.2 Å². The molecule has 158 valence electrons. The summed E-state index contributed by atoms with van der Waals surface area (Å²) >= 11 is 0. The highest BCUT2D eigenvalue weighted by molar-refractivity contribution is 7.89. The van der Waals surface area contributed by atoms with E-state index in [2.05, 4.69) is 22.3 Å². The molecule has 0 saturated carbocycles. The highest BCUT2D eigenvalue weighted by Crippen LogP contribution is 2.27. The van der Waals surface area contributed by atoms with E-state index in [9.17, 15) is 13.2 Å². The van der Waals surface area contributed by atoms with Crippen molar-refractivity contribution < 1.29 is 22.5 Å². The summed E-state index contributed by atoms with van der Waals surface area (Å²) < 4.78 is 37.8. The monoisotopic (exact) mass is 414 g/mol. The van der Waals surface area contributed by atoms with Crippen molar-refractivity contribution in [2.45, 2.75) is 44.6 Å². The lowest BCUT2D eigenvalue weighted by atomic mass is 9.99. The van der Waals surface area contributed by atoms with E-state index < -0.39 is 10.0 Å². The van der Waals surface area contributed by atoms with Crippen molar-refractivity contribution >= 4 is 15.9 Å². The molecule has 1 aromatic rings. The largest absolute Gasteiger partial charge is 0.379 e. The minimum absolute atomic E-state index is 0.0845. The second-order valence-electron chi connectivity index (χ2n) is 7.60. The van der Waals surface area contributed by atoms with Gasteiger partial charge in [0.25, 0.3) is 0 Å². The number of hydrogen-bond donors (Lipinski definition) is 1. The number of hydrogen-bond acceptors (Lipinski definition) is 7. The third-order valence-electron chi connectivity index (χ3n) is 5.56. The van der Waals surface area contributed by atoms with Crippen LogP contribution in [-0.2, 0) is 19.6 Å². The molecular formula is C18H30N4O5S. The average Bonchev–Trinajstić information content (AvgIpc) is 3.05. The molecule has 1 aromatic heterocycles. The van der Waals surface area contributed by atoms with Gasteiger partial charge in [0.15, 0.2) is 5.76 Å². The van der Waals surface area contributed by atoms with E-state index in [0.717, 1.165) is 26.3 Å². The summed E-state index contributed by atoms with van der Waals surface area (Å²) in [6, 6.07) is 0.221. The van der Waals surface area contributed by atoms with Crippen LogP contribution in [0, 0.1) is 19.8 Å². The Morgan fingerprint density at radius 2 is 2.00 bits per heavy atom. The third-order valence-corrected chi connectivity index (χ3v) is 7.67. The minimum atomic E-state index is -3.72. The van der Waals surface area contributed by atoms with Gasteiger partial charge in [-0.3, -0.25) is 9.69 Å². The molecule has 10 heteroatoms. The highest BCUT2D eigenvalue weighted by atomic mass is 32.2. The third kappa shape index (κ3) is 4.56. The number of ether oxygens (including phenoxy) is 1. The van der Waals surface area contributed by atoms with Crippen LogP contribution < -0.4 is 5.32 Å². The zero-order valence-corrected chi connectivity index (χ0v) is 17.6. The molecule has 0 bridgehead atoms. The summed E-state index contributed by atoms with van der Waals surface area (Å²) in [5.74, 6) is -0.150. The van der Waals surface area contributed by atoms with Crippen molar-refractivity contribution in [2.24, 2.45) is 5.92 Å². The number of amides is 1. The van der Waals surface area contributed by atoms with E-state index in [4.69, 9.17) is 9.26 Å². The SMILES string of the molecule is Cc1noc(C)c1S(=O)(=O)N1CCCC(C(=O)NCC(C)N2CCOCC2)C1. The lowest BCUT2D eigenvalue weighted by Gasteiger charge is -2.34. The second kappa shape index (κ2) is 8.89.